The van der Waals surface area contributed by atoms with Gasteiger partial charge in [0, 0.05) is 19.4 Å². The molecule has 0 spiro atoms. The highest BCUT2D eigenvalue weighted by Crippen LogP contribution is 2.32. The summed E-state index contributed by atoms with van der Waals surface area (Å²) in [6, 6.07) is 11.7. The van der Waals surface area contributed by atoms with E-state index < -0.39 is 0 Å². The number of hydrogen-bond donors (Lipinski definition) is 1. The van der Waals surface area contributed by atoms with Crippen LogP contribution < -0.4 is 5.73 Å². The van der Waals surface area contributed by atoms with Crippen LogP contribution in [0.1, 0.15) is 18.5 Å². The second-order valence-corrected chi connectivity index (χ2v) is 5.49. The molecule has 5 nitrogen and oxygen atoms in total. The van der Waals surface area contributed by atoms with Gasteiger partial charge in [-0.2, -0.15) is 0 Å². The number of guanidine groups is 1. The third-order valence-corrected chi connectivity index (χ3v) is 4.03. The van der Waals surface area contributed by atoms with Gasteiger partial charge in [0.15, 0.2) is 5.96 Å². The van der Waals surface area contributed by atoms with Gasteiger partial charge in [-0.1, -0.05) is 31.2 Å². The van der Waals surface area contributed by atoms with Crippen LogP contribution in [0.4, 0.5) is 0 Å². The Morgan fingerprint density at radius 3 is 2.68 bits per heavy atom. The van der Waals surface area contributed by atoms with Crippen LogP contribution in [0.15, 0.2) is 53.8 Å². The van der Waals surface area contributed by atoms with E-state index in [2.05, 4.69) is 9.98 Å². The molecule has 2 unspecified atom stereocenters. The maximum atomic E-state index is 12.2. The molecule has 1 aliphatic heterocycles. The van der Waals surface area contributed by atoms with Crippen LogP contribution in [0.3, 0.4) is 0 Å². The molecule has 0 fully saturated rings. The summed E-state index contributed by atoms with van der Waals surface area (Å²) < 4.78 is 0. The average molecular weight is 294 g/mol. The first-order valence-electron chi connectivity index (χ1n) is 7.19. The molecule has 0 bridgehead atoms. The zero-order valence-corrected chi connectivity index (χ0v) is 12.6. The molecule has 0 saturated heterocycles. The van der Waals surface area contributed by atoms with Gasteiger partial charge >= 0.3 is 0 Å². The third kappa shape index (κ3) is 2.45. The van der Waals surface area contributed by atoms with Crippen molar-refractivity contribution in [2.45, 2.75) is 13.0 Å². The molecule has 0 aliphatic carbocycles. The van der Waals surface area contributed by atoms with E-state index in [9.17, 15) is 4.79 Å². The molecule has 2 N–H and O–H groups in total. The Kier molecular flexibility index (Phi) is 3.63. The summed E-state index contributed by atoms with van der Waals surface area (Å²) in [6.07, 6.45) is 3.57. The molecular formula is C17H18N4O. The van der Waals surface area contributed by atoms with Gasteiger partial charge in [-0.05, 0) is 28.8 Å². The van der Waals surface area contributed by atoms with Gasteiger partial charge < -0.3 is 5.73 Å². The predicted molar refractivity (Wildman–Crippen MR) is 86.0 cm³/mol. The van der Waals surface area contributed by atoms with Crippen molar-refractivity contribution in [3.05, 3.63) is 54.4 Å². The van der Waals surface area contributed by atoms with Crippen LogP contribution in [-0.2, 0) is 4.79 Å². The number of rotatable bonds is 2. The number of nitrogens with zero attached hydrogens (tertiary/aromatic N) is 3. The van der Waals surface area contributed by atoms with E-state index in [0.29, 0.717) is 0 Å². The van der Waals surface area contributed by atoms with Crippen molar-refractivity contribution in [3.63, 3.8) is 0 Å². The summed E-state index contributed by atoms with van der Waals surface area (Å²) >= 11 is 0. The van der Waals surface area contributed by atoms with Gasteiger partial charge in [0.2, 0.25) is 5.91 Å². The summed E-state index contributed by atoms with van der Waals surface area (Å²) in [5.41, 5.74) is 8.93. The summed E-state index contributed by atoms with van der Waals surface area (Å²) in [7, 11) is 1.65. The van der Waals surface area contributed by atoms with Crippen molar-refractivity contribution in [3.8, 4) is 11.1 Å². The molecule has 0 radical (unpaired) electrons. The Morgan fingerprint density at radius 1 is 1.18 bits per heavy atom. The molecule has 0 saturated carbocycles. The molecule has 22 heavy (non-hydrogen) atoms. The van der Waals surface area contributed by atoms with E-state index in [1.54, 1.807) is 13.2 Å². The number of carbonyl (C=O) groups excluding carboxylic acids is 1. The number of pyridine rings is 1. The standard InChI is InChI=1S/C17H18N4O/c1-11-15(20-17(18)21(2)16(11)22)13-6-3-5-12(9-13)14-7-4-8-19-10-14/h3-11,15H,1-2H3,(H2,18,20). The Balaban J connectivity index is 2.01. The van der Waals surface area contributed by atoms with E-state index in [1.807, 2.05) is 49.5 Å². The van der Waals surface area contributed by atoms with Crippen molar-refractivity contribution >= 4 is 11.9 Å². The van der Waals surface area contributed by atoms with Crippen molar-refractivity contribution in [1.29, 1.82) is 0 Å². The van der Waals surface area contributed by atoms with E-state index in [1.165, 1.54) is 4.90 Å². The lowest BCUT2D eigenvalue weighted by Gasteiger charge is -2.31. The Labute approximate surface area is 129 Å². The number of aromatic nitrogens is 1. The minimum atomic E-state index is -0.250. The van der Waals surface area contributed by atoms with Crippen molar-refractivity contribution in [1.82, 2.24) is 9.88 Å². The molecule has 2 aromatic rings. The fourth-order valence-corrected chi connectivity index (χ4v) is 2.69. The summed E-state index contributed by atoms with van der Waals surface area (Å²) in [6.45, 7) is 1.89. The molecule has 112 valence electrons. The highest BCUT2D eigenvalue weighted by molar-refractivity contribution is 5.99. The third-order valence-electron chi connectivity index (χ3n) is 4.03. The topological polar surface area (TPSA) is 71.6 Å². The van der Waals surface area contributed by atoms with Crippen molar-refractivity contribution in [2.75, 3.05) is 7.05 Å². The highest BCUT2D eigenvalue weighted by atomic mass is 16.2. The average Bonchev–Trinajstić information content (AvgIpc) is 2.57. The minimum absolute atomic E-state index is 0.00993. The van der Waals surface area contributed by atoms with Crippen LogP contribution >= 0.6 is 0 Å². The SMILES string of the molecule is CC1C(=O)N(C)C(N)=NC1c1cccc(-c2cccnc2)c1. The monoisotopic (exact) mass is 294 g/mol. The quantitative estimate of drug-likeness (QED) is 0.923. The van der Waals surface area contributed by atoms with Crippen LogP contribution in [0.2, 0.25) is 0 Å². The summed E-state index contributed by atoms with van der Waals surface area (Å²) in [4.78, 5) is 22.3. The Morgan fingerprint density at radius 2 is 1.95 bits per heavy atom. The first kappa shape index (κ1) is 14.3. The zero-order valence-electron chi connectivity index (χ0n) is 12.6. The number of aliphatic imine (C=N–C) groups is 1. The molecule has 1 aromatic heterocycles. The fraction of sp³-hybridized carbons (Fsp3) is 0.235. The molecule has 3 rings (SSSR count). The van der Waals surface area contributed by atoms with Crippen LogP contribution in [0.5, 0.6) is 0 Å². The molecule has 1 aromatic carbocycles. The molecule has 2 atom stereocenters. The summed E-state index contributed by atoms with van der Waals surface area (Å²) in [5, 5.41) is 0. The highest BCUT2D eigenvalue weighted by Gasteiger charge is 2.33. The zero-order chi connectivity index (χ0) is 15.7. The molecule has 2 heterocycles. The van der Waals surface area contributed by atoms with Crippen molar-refractivity contribution in [2.24, 2.45) is 16.6 Å². The van der Waals surface area contributed by atoms with Gasteiger partial charge in [0.25, 0.3) is 0 Å². The Hall–Kier alpha value is -2.69. The second-order valence-electron chi connectivity index (χ2n) is 5.49. The predicted octanol–water partition coefficient (Wildman–Crippen LogP) is 2.21. The van der Waals surface area contributed by atoms with E-state index in [-0.39, 0.29) is 23.8 Å². The lowest BCUT2D eigenvalue weighted by atomic mass is 9.91. The van der Waals surface area contributed by atoms with Crippen molar-refractivity contribution < 1.29 is 4.79 Å². The van der Waals surface area contributed by atoms with E-state index >= 15 is 0 Å². The van der Waals surface area contributed by atoms with E-state index in [4.69, 9.17) is 5.73 Å². The molecule has 1 amide bonds. The maximum Gasteiger partial charge on any atom is 0.234 e. The number of hydrogen-bond acceptors (Lipinski definition) is 4. The van der Waals surface area contributed by atoms with Crippen LogP contribution in [0.25, 0.3) is 11.1 Å². The normalized spacial score (nSPS) is 21.6. The van der Waals surface area contributed by atoms with E-state index in [0.717, 1.165) is 16.7 Å². The molecule has 5 heteroatoms. The minimum Gasteiger partial charge on any atom is -0.369 e. The van der Waals surface area contributed by atoms with Gasteiger partial charge in [0.1, 0.15) is 0 Å². The first-order chi connectivity index (χ1) is 10.6. The van der Waals surface area contributed by atoms with Gasteiger partial charge in [-0.15, -0.1) is 0 Å². The number of carbonyl (C=O) groups is 1. The van der Waals surface area contributed by atoms with Crippen LogP contribution in [-0.4, -0.2) is 28.8 Å². The largest absolute Gasteiger partial charge is 0.369 e. The number of nitrogens with two attached hydrogens (primary N) is 1. The van der Waals surface area contributed by atoms with Gasteiger partial charge in [-0.25, -0.2) is 4.99 Å². The lowest BCUT2D eigenvalue weighted by molar-refractivity contribution is -0.131. The first-order valence-corrected chi connectivity index (χ1v) is 7.19. The molecule has 1 aliphatic rings. The lowest BCUT2D eigenvalue weighted by Crippen LogP contribution is -2.46. The van der Waals surface area contributed by atoms with Gasteiger partial charge in [-0.3, -0.25) is 14.7 Å². The van der Waals surface area contributed by atoms with Gasteiger partial charge in [0.05, 0.1) is 12.0 Å². The van der Waals surface area contributed by atoms with Crippen LogP contribution in [0, 0.1) is 5.92 Å². The maximum absolute atomic E-state index is 12.2. The smallest absolute Gasteiger partial charge is 0.234 e. The number of amides is 1. The Bertz CT molecular complexity index is 726. The second kappa shape index (κ2) is 5.60. The fourth-order valence-electron chi connectivity index (χ4n) is 2.69. The summed E-state index contributed by atoms with van der Waals surface area (Å²) in [5.74, 6) is 0.0191. The molecular weight excluding hydrogens is 276 g/mol. The number of benzene rings is 1.